The van der Waals surface area contributed by atoms with Gasteiger partial charge in [-0.15, -0.1) is 0 Å². The number of halogens is 1. The Morgan fingerprint density at radius 1 is 1.80 bits per heavy atom. The average Bonchev–Trinajstić information content (AvgIpc) is 1.38. The van der Waals surface area contributed by atoms with E-state index in [1.165, 1.54) is 6.16 Å². The van der Waals surface area contributed by atoms with Gasteiger partial charge >= 0.3 is 0 Å². The standard InChI is InChI=1S/C3H8BrP/c1-3-5(2)4/h3H2,1-2H3. The molecule has 0 rings (SSSR count). The van der Waals surface area contributed by atoms with E-state index in [0.717, 1.165) is 0 Å². The first kappa shape index (κ1) is 5.91. The van der Waals surface area contributed by atoms with Crippen LogP contribution in [0.25, 0.3) is 0 Å². The topological polar surface area (TPSA) is 0 Å². The second-order valence-corrected chi connectivity index (χ2v) is 6.40. The molecule has 0 fully saturated rings. The van der Waals surface area contributed by atoms with E-state index in [0.29, 0.717) is 0 Å². The predicted octanol–water partition coefficient (Wildman–Crippen LogP) is 2.43. The van der Waals surface area contributed by atoms with Crippen LogP contribution in [0.1, 0.15) is 6.92 Å². The summed E-state index contributed by atoms with van der Waals surface area (Å²) < 4.78 is 0. The molecule has 5 heavy (non-hydrogen) atoms. The maximum absolute atomic E-state index is 3.44. The van der Waals surface area contributed by atoms with E-state index in [9.17, 15) is 0 Å². The van der Waals surface area contributed by atoms with Gasteiger partial charge < -0.3 is 0 Å². The Morgan fingerprint density at radius 3 is 2.00 bits per heavy atom. The molecule has 1 atom stereocenters. The van der Waals surface area contributed by atoms with Crippen LogP contribution in [0.2, 0.25) is 0 Å². The zero-order valence-corrected chi connectivity index (χ0v) is 6.01. The summed E-state index contributed by atoms with van der Waals surface area (Å²) in [4.78, 5) is 0. The number of hydrogen-bond donors (Lipinski definition) is 0. The molecule has 0 amide bonds. The molecular weight excluding hydrogens is 147 g/mol. The van der Waals surface area contributed by atoms with Crippen molar-refractivity contribution >= 4 is 22.1 Å². The molecular formula is C3H8BrP. The van der Waals surface area contributed by atoms with Crippen molar-refractivity contribution in [2.24, 2.45) is 0 Å². The summed E-state index contributed by atoms with van der Waals surface area (Å²) in [5, 5.41) is 0. The smallest absolute Gasteiger partial charge is 0.0258 e. The summed E-state index contributed by atoms with van der Waals surface area (Å²) in [5.74, 6) is 0. The zero-order chi connectivity index (χ0) is 4.28. The van der Waals surface area contributed by atoms with Gasteiger partial charge in [0.2, 0.25) is 0 Å². The van der Waals surface area contributed by atoms with Crippen LogP contribution in [-0.4, -0.2) is 12.8 Å². The molecule has 1 unspecified atom stereocenters. The highest BCUT2D eigenvalue weighted by atomic mass is 79.9. The Labute approximate surface area is 42.4 Å². The van der Waals surface area contributed by atoms with Crippen molar-refractivity contribution in [3.63, 3.8) is 0 Å². The van der Waals surface area contributed by atoms with Gasteiger partial charge in [0, 0.05) is 0 Å². The molecule has 0 heterocycles. The lowest BCUT2D eigenvalue weighted by Gasteiger charge is -1.89. The maximum Gasteiger partial charge on any atom is -0.0258 e. The Hall–Kier alpha value is 0.910. The molecule has 32 valence electrons. The van der Waals surface area contributed by atoms with Crippen molar-refractivity contribution in [2.75, 3.05) is 12.8 Å². The van der Waals surface area contributed by atoms with E-state index < -0.39 is 0 Å². The summed E-state index contributed by atoms with van der Waals surface area (Å²) in [7, 11) is 0. The maximum atomic E-state index is 3.44. The van der Waals surface area contributed by atoms with Crippen LogP contribution in [0.5, 0.6) is 0 Å². The van der Waals surface area contributed by atoms with Gasteiger partial charge in [-0.25, -0.2) is 0 Å². The average molecular weight is 155 g/mol. The zero-order valence-electron chi connectivity index (χ0n) is 3.53. The summed E-state index contributed by atoms with van der Waals surface area (Å²) >= 11 is 3.44. The van der Waals surface area contributed by atoms with Gasteiger partial charge in [0.25, 0.3) is 0 Å². The third-order valence-electron chi connectivity index (χ3n) is 0.436. The molecule has 0 aromatic rings. The second-order valence-electron chi connectivity index (χ2n) is 0.921. The van der Waals surface area contributed by atoms with E-state index >= 15 is 0 Å². The van der Waals surface area contributed by atoms with Gasteiger partial charge in [0.1, 0.15) is 0 Å². The second kappa shape index (κ2) is 3.11. The van der Waals surface area contributed by atoms with Crippen LogP contribution >= 0.6 is 22.1 Å². The van der Waals surface area contributed by atoms with Gasteiger partial charge in [-0.3, -0.25) is 0 Å². The molecule has 0 saturated heterocycles. The minimum atomic E-state index is 0.214. The van der Waals surface area contributed by atoms with E-state index in [-0.39, 0.29) is 6.62 Å². The summed E-state index contributed by atoms with van der Waals surface area (Å²) in [6, 6.07) is 0. The van der Waals surface area contributed by atoms with Crippen molar-refractivity contribution in [3.05, 3.63) is 0 Å². The van der Waals surface area contributed by atoms with Gasteiger partial charge in [0.05, 0.1) is 0 Å². The fourth-order valence-corrected chi connectivity index (χ4v) is 0. The van der Waals surface area contributed by atoms with Gasteiger partial charge in [-0.1, -0.05) is 22.4 Å². The van der Waals surface area contributed by atoms with Crippen LogP contribution in [0, 0.1) is 0 Å². The van der Waals surface area contributed by atoms with E-state index in [1.807, 2.05) is 0 Å². The van der Waals surface area contributed by atoms with E-state index in [4.69, 9.17) is 0 Å². The highest BCUT2D eigenvalue weighted by Crippen LogP contribution is 2.37. The fraction of sp³-hybridized carbons (Fsp3) is 1.00. The van der Waals surface area contributed by atoms with E-state index in [2.05, 4.69) is 29.1 Å². The number of rotatable bonds is 1. The SMILES string of the molecule is CCP(C)Br. The molecule has 0 nitrogen and oxygen atoms in total. The summed E-state index contributed by atoms with van der Waals surface area (Å²) in [6.45, 7) is 4.60. The molecule has 0 aliphatic carbocycles. The number of hydrogen-bond acceptors (Lipinski definition) is 0. The third kappa shape index (κ3) is 4.91. The van der Waals surface area contributed by atoms with Crippen LogP contribution < -0.4 is 0 Å². The first-order chi connectivity index (χ1) is 2.27. The highest BCUT2D eigenvalue weighted by molar-refractivity contribution is 9.39. The fourth-order valence-electron chi connectivity index (χ4n) is 0. The lowest BCUT2D eigenvalue weighted by molar-refractivity contribution is 1.52. The molecule has 0 aromatic heterocycles. The first-order valence-electron chi connectivity index (χ1n) is 1.64. The minimum Gasteiger partial charge on any atom is -0.0608 e. The van der Waals surface area contributed by atoms with Crippen molar-refractivity contribution in [1.82, 2.24) is 0 Å². The first-order valence-corrected chi connectivity index (χ1v) is 5.63. The molecule has 0 radical (unpaired) electrons. The minimum absolute atomic E-state index is 0.214. The van der Waals surface area contributed by atoms with Crippen LogP contribution in [0.15, 0.2) is 0 Å². The molecule has 0 aliphatic heterocycles. The Kier molecular flexibility index (Phi) is 3.68. The quantitative estimate of drug-likeness (QED) is 0.510. The molecule has 0 spiro atoms. The van der Waals surface area contributed by atoms with Gasteiger partial charge in [-0.05, 0) is 19.5 Å². The Morgan fingerprint density at radius 2 is 2.00 bits per heavy atom. The van der Waals surface area contributed by atoms with Crippen LogP contribution in [0.3, 0.4) is 0 Å². The third-order valence-corrected chi connectivity index (χ3v) is 2.81. The molecule has 0 N–H and O–H groups in total. The van der Waals surface area contributed by atoms with Crippen molar-refractivity contribution in [2.45, 2.75) is 6.92 Å². The monoisotopic (exact) mass is 154 g/mol. The lowest BCUT2D eigenvalue weighted by atomic mass is 11.0. The van der Waals surface area contributed by atoms with Gasteiger partial charge in [0.15, 0.2) is 0 Å². The molecule has 0 aromatic carbocycles. The van der Waals surface area contributed by atoms with E-state index in [1.54, 1.807) is 0 Å². The molecule has 0 bridgehead atoms. The molecule has 2 heteroatoms. The lowest BCUT2D eigenvalue weighted by Crippen LogP contribution is -1.57. The Balaban J connectivity index is 2.54. The van der Waals surface area contributed by atoms with Gasteiger partial charge in [-0.2, -0.15) is 0 Å². The van der Waals surface area contributed by atoms with Crippen molar-refractivity contribution in [1.29, 1.82) is 0 Å². The normalized spacial score (nSPS) is 15.0. The molecule has 0 saturated carbocycles. The Bertz CT molecular complexity index is 20.9. The van der Waals surface area contributed by atoms with Crippen molar-refractivity contribution < 1.29 is 0 Å². The van der Waals surface area contributed by atoms with Crippen LogP contribution in [-0.2, 0) is 0 Å². The largest absolute Gasteiger partial charge is 0.0608 e. The van der Waals surface area contributed by atoms with Crippen molar-refractivity contribution in [3.8, 4) is 0 Å². The highest BCUT2D eigenvalue weighted by Gasteiger charge is 1.81. The summed E-state index contributed by atoms with van der Waals surface area (Å²) in [5.41, 5.74) is 0. The van der Waals surface area contributed by atoms with Crippen LogP contribution in [0.4, 0.5) is 0 Å². The summed E-state index contributed by atoms with van der Waals surface area (Å²) in [6.07, 6.45) is 1.29. The molecule has 0 aliphatic rings. The predicted molar refractivity (Wildman–Crippen MR) is 32.3 cm³/mol.